The number of hydrogen-bond acceptors (Lipinski definition) is 5. The van der Waals surface area contributed by atoms with Gasteiger partial charge in [0, 0.05) is 11.3 Å². The summed E-state index contributed by atoms with van der Waals surface area (Å²) in [5.74, 6) is -0.376. The number of aromatic hydroxyl groups is 1. The van der Waals surface area contributed by atoms with E-state index >= 15 is 0 Å². The molecule has 0 saturated heterocycles. The zero-order valence-corrected chi connectivity index (χ0v) is 13.3. The maximum absolute atomic E-state index is 12.2. The molecule has 7 heteroatoms. The molecule has 3 N–H and O–H groups in total. The molecule has 0 spiro atoms. The maximum atomic E-state index is 12.2. The average Bonchev–Trinajstić information content (AvgIpc) is 2.49. The van der Waals surface area contributed by atoms with Gasteiger partial charge in [0.25, 0.3) is 0 Å². The number of carbonyl (C=O) groups excluding carboxylic acids is 2. The number of esters is 1. The third-order valence-electron chi connectivity index (χ3n) is 3.41. The number of para-hydroxylation sites is 1. The van der Waals surface area contributed by atoms with Crippen molar-refractivity contribution in [3.63, 3.8) is 0 Å². The summed E-state index contributed by atoms with van der Waals surface area (Å²) < 4.78 is 10.4. The molecular weight excluding hydrogens is 300 g/mol. The van der Waals surface area contributed by atoms with Crippen molar-refractivity contribution < 1.29 is 24.2 Å². The number of urea groups is 1. The highest BCUT2D eigenvalue weighted by Gasteiger charge is 2.34. The smallest absolute Gasteiger partial charge is 0.338 e. The Morgan fingerprint density at radius 3 is 2.70 bits per heavy atom. The number of benzene rings is 1. The first-order valence-electron chi connectivity index (χ1n) is 7.39. The number of phenolic OH excluding ortho intramolecular Hbond substituents is 1. The van der Waals surface area contributed by atoms with Crippen molar-refractivity contribution in [3.8, 4) is 11.5 Å². The van der Waals surface area contributed by atoms with E-state index in [1.807, 2.05) is 0 Å². The van der Waals surface area contributed by atoms with Crippen molar-refractivity contribution in [2.24, 2.45) is 0 Å². The molecule has 2 rings (SSSR count). The Balaban J connectivity index is 2.50. The fraction of sp³-hybridized carbons (Fsp3) is 0.375. The molecule has 1 aliphatic heterocycles. The van der Waals surface area contributed by atoms with Crippen LogP contribution in [0.15, 0.2) is 29.5 Å². The van der Waals surface area contributed by atoms with E-state index in [2.05, 4.69) is 10.6 Å². The molecule has 1 heterocycles. The van der Waals surface area contributed by atoms with Crippen LogP contribution in [0, 0.1) is 0 Å². The minimum atomic E-state index is -0.816. The average molecular weight is 320 g/mol. The van der Waals surface area contributed by atoms with Gasteiger partial charge in [-0.2, -0.15) is 0 Å². The Labute approximate surface area is 134 Å². The van der Waals surface area contributed by atoms with Crippen LogP contribution in [0.3, 0.4) is 0 Å². The number of phenols is 1. The van der Waals surface area contributed by atoms with E-state index in [0.29, 0.717) is 23.6 Å². The molecule has 1 aromatic rings. The molecule has 1 atom stereocenters. The molecule has 7 nitrogen and oxygen atoms in total. The Morgan fingerprint density at radius 2 is 2.04 bits per heavy atom. The second kappa shape index (κ2) is 7.04. The van der Waals surface area contributed by atoms with E-state index in [1.165, 1.54) is 0 Å². The third kappa shape index (κ3) is 3.39. The lowest BCUT2D eigenvalue weighted by Gasteiger charge is -2.28. The second-order valence-corrected chi connectivity index (χ2v) is 4.92. The highest BCUT2D eigenvalue weighted by atomic mass is 16.5. The molecule has 0 aliphatic carbocycles. The third-order valence-corrected chi connectivity index (χ3v) is 3.41. The molecule has 0 aromatic heterocycles. The number of allylic oxidation sites excluding steroid dienone is 1. The van der Waals surface area contributed by atoms with Crippen LogP contribution in [0.5, 0.6) is 11.5 Å². The van der Waals surface area contributed by atoms with E-state index in [4.69, 9.17) is 9.47 Å². The van der Waals surface area contributed by atoms with Crippen molar-refractivity contribution in [3.05, 3.63) is 35.0 Å². The van der Waals surface area contributed by atoms with Crippen molar-refractivity contribution in [2.45, 2.75) is 26.8 Å². The quantitative estimate of drug-likeness (QED) is 0.721. The van der Waals surface area contributed by atoms with Crippen molar-refractivity contribution >= 4 is 12.0 Å². The van der Waals surface area contributed by atoms with Crippen LogP contribution in [0.2, 0.25) is 0 Å². The summed E-state index contributed by atoms with van der Waals surface area (Å²) in [6.45, 7) is 5.70. The van der Waals surface area contributed by atoms with E-state index in [1.54, 1.807) is 39.0 Å². The van der Waals surface area contributed by atoms with Crippen LogP contribution in [0.4, 0.5) is 4.79 Å². The summed E-state index contributed by atoms with van der Waals surface area (Å²) in [5, 5.41) is 15.6. The largest absolute Gasteiger partial charge is 0.504 e. The normalized spacial score (nSPS) is 17.3. The van der Waals surface area contributed by atoms with Gasteiger partial charge in [0.2, 0.25) is 0 Å². The summed E-state index contributed by atoms with van der Waals surface area (Å²) in [5.41, 5.74) is 1.00. The zero-order valence-electron chi connectivity index (χ0n) is 13.3. The first-order valence-corrected chi connectivity index (χ1v) is 7.39. The fourth-order valence-corrected chi connectivity index (χ4v) is 2.45. The van der Waals surface area contributed by atoms with Crippen LogP contribution >= 0.6 is 0 Å². The highest BCUT2D eigenvalue weighted by molar-refractivity contribution is 5.95. The lowest BCUT2D eigenvalue weighted by Crippen LogP contribution is -2.45. The predicted octanol–water partition coefficient (Wildman–Crippen LogP) is 1.98. The van der Waals surface area contributed by atoms with Crippen LogP contribution in [0.25, 0.3) is 0 Å². The summed E-state index contributed by atoms with van der Waals surface area (Å²) in [7, 11) is 0. The summed E-state index contributed by atoms with van der Waals surface area (Å²) >= 11 is 0. The summed E-state index contributed by atoms with van der Waals surface area (Å²) in [4.78, 5) is 24.0. The molecule has 2 amide bonds. The van der Waals surface area contributed by atoms with Crippen LogP contribution < -0.4 is 15.4 Å². The minimum absolute atomic E-state index is 0.115. The number of nitrogens with one attached hydrogen (secondary N) is 2. The number of carbonyl (C=O) groups is 2. The molecule has 23 heavy (non-hydrogen) atoms. The first kappa shape index (κ1) is 16.7. The molecule has 0 fully saturated rings. The van der Waals surface area contributed by atoms with Crippen molar-refractivity contribution in [2.75, 3.05) is 13.2 Å². The molecule has 0 unspecified atom stereocenters. The Hall–Kier alpha value is -2.70. The topological polar surface area (TPSA) is 96.9 Å². The number of rotatable bonds is 5. The fourth-order valence-electron chi connectivity index (χ4n) is 2.45. The lowest BCUT2D eigenvalue weighted by molar-refractivity contribution is -0.139. The second-order valence-electron chi connectivity index (χ2n) is 4.92. The van der Waals surface area contributed by atoms with Crippen LogP contribution in [-0.4, -0.2) is 30.3 Å². The SMILES string of the molecule is CCOC(=O)C1=C(C)NC(=O)N[C@H]1c1cccc(OCC)c1O. The van der Waals surface area contributed by atoms with Crippen molar-refractivity contribution in [1.82, 2.24) is 10.6 Å². The number of ether oxygens (including phenoxy) is 2. The lowest BCUT2D eigenvalue weighted by atomic mass is 9.94. The predicted molar refractivity (Wildman–Crippen MR) is 83.0 cm³/mol. The van der Waals surface area contributed by atoms with Gasteiger partial charge in [-0.1, -0.05) is 12.1 Å². The van der Waals surface area contributed by atoms with Gasteiger partial charge in [-0.05, 0) is 26.8 Å². The van der Waals surface area contributed by atoms with Gasteiger partial charge in [0.1, 0.15) is 0 Å². The first-order chi connectivity index (χ1) is 11.0. The molecule has 124 valence electrons. The molecule has 1 aliphatic rings. The van der Waals surface area contributed by atoms with Gasteiger partial charge in [0.05, 0.1) is 24.8 Å². The van der Waals surface area contributed by atoms with Gasteiger partial charge < -0.3 is 25.2 Å². The Kier molecular flexibility index (Phi) is 5.10. The van der Waals surface area contributed by atoms with Crippen LogP contribution in [-0.2, 0) is 9.53 Å². The molecular formula is C16H20N2O5. The van der Waals surface area contributed by atoms with E-state index in [9.17, 15) is 14.7 Å². The van der Waals surface area contributed by atoms with Crippen molar-refractivity contribution in [1.29, 1.82) is 0 Å². The van der Waals surface area contributed by atoms with Gasteiger partial charge >= 0.3 is 12.0 Å². The van der Waals surface area contributed by atoms with Gasteiger partial charge in [0.15, 0.2) is 11.5 Å². The van der Waals surface area contributed by atoms with Crippen LogP contribution in [0.1, 0.15) is 32.4 Å². The maximum Gasteiger partial charge on any atom is 0.338 e. The molecule has 1 aromatic carbocycles. The molecule has 0 bridgehead atoms. The molecule has 0 saturated carbocycles. The van der Waals surface area contributed by atoms with Gasteiger partial charge in [-0.25, -0.2) is 9.59 Å². The highest BCUT2D eigenvalue weighted by Crippen LogP contribution is 2.38. The number of hydrogen-bond donors (Lipinski definition) is 3. The minimum Gasteiger partial charge on any atom is -0.504 e. The standard InChI is InChI=1S/C16H20N2O5/c1-4-22-11-8-6-7-10(14(11)19)13-12(15(20)23-5-2)9(3)17-16(21)18-13/h6-8,13,19H,4-5H2,1-3H3,(H2,17,18,21)/t13-/m0/s1. The Morgan fingerprint density at radius 1 is 1.30 bits per heavy atom. The summed E-state index contributed by atoms with van der Waals surface area (Å²) in [6, 6.07) is 3.66. The zero-order chi connectivity index (χ0) is 17.0. The van der Waals surface area contributed by atoms with Gasteiger partial charge in [-0.3, -0.25) is 0 Å². The van der Waals surface area contributed by atoms with Gasteiger partial charge in [-0.15, -0.1) is 0 Å². The number of amides is 2. The van der Waals surface area contributed by atoms with E-state index in [-0.39, 0.29) is 17.9 Å². The molecule has 0 radical (unpaired) electrons. The van der Waals surface area contributed by atoms with E-state index < -0.39 is 18.0 Å². The Bertz CT molecular complexity index is 654. The summed E-state index contributed by atoms with van der Waals surface area (Å²) in [6.07, 6.45) is 0. The van der Waals surface area contributed by atoms with E-state index in [0.717, 1.165) is 0 Å². The monoisotopic (exact) mass is 320 g/mol.